The summed E-state index contributed by atoms with van der Waals surface area (Å²) < 4.78 is 11.7. The first-order chi connectivity index (χ1) is 14.0. The second-order valence-electron chi connectivity index (χ2n) is 8.08. The zero-order valence-electron chi connectivity index (χ0n) is 17.7. The third-order valence-corrected chi connectivity index (χ3v) is 6.06. The Bertz CT molecular complexity index is 1080. The van der Waals surface area contributed by atoms with Gasteiger partial charge in [0.05, 0.1) is 0 Å². The van der Waals surface area contributed by atoms with E-state index in [4.69, 9.17) is 9.15 Å². The molecule has 1 atom stereocenters. The molecule has 4 rings (SSSR count). The molecule has 2 heterocycles. The molecule has 0 N–H and O–H groups in total. The lowest BCUT2D eigenvalue weighted by Crippen LogP contribution is -2.32. The molecule has 0 radical (unpaired) electrons. The van der Waals surface area contributed by atoms with Gasteiger partial charge in [0.15, 0.2) is 6.73 Å². The minimum Gasteiger partial charge on any atom is -0.472 e. The first-order valence-electron chi connectivity index (χ1n) is 10.6. The highest BCUT2D eigenvalue weighted by molar-refractivity contribution is 5.86. The molecule has 0 spiro atoms. The molecule has 29 heavy (non-hydrogen) atoms. The van der Waals surface area contributed by atoms with Crippen LogP contribution in [0.5, 0.6) is 5.75 Å². The lowest BCUT2D eigenvalue weighted by Gasteiger charge is -2.32. The van der Waals surface area contributed by atoms with Crippen molar-refractivity contribution in [3.05, 3.63) is 69.1 Å². The topological polar surface area (TPSA) is 42.7 Å². The number of benzene rings is 2. The number of anilines is 1. The quantitative estimate of drug-likeness (QED) is 0.506. The summed E-state index contributed by atoms with van der Waals surface area (Å²) in [6, 6.07) is 12.6. The van der Waals surface area contributed by atoms with Crippen LogP contribution in [0.15, 0.2) is 45.6 Å². The maximum atomic E-state index is 12.0. The monoisotopic (exact) mass is 391 g/mol. The number of nitrogens with zero attached hydrogens (tertiary/aromatic N) is 1. The van der Waals surface area contributed by atoms with E-state index >= 15 is 0 Å². The summed E-state index contributed by atoms with van der Waals surface area (Å²) in [6.07, 6.45) is 2.99. The summed E-state index contributed by atoms with van der Waals surface area (Å²) in [5.41, 5.74) is 6.01. The fourth-order valence-corrected chi connectivity index (χ4v) is 4.17. The van der Waals surface area contributed by atoms with Gasteiger partial charge in [0, 0.05) is 34.8 Å². The molecule has 0 fully saturated rings. The average Bonchev–Trinajstić information content (AvgIpc) is 2.74. The second-order valence-corrected chi connectivity index (χ2v) is 8.08. The minimum atomic E-state index is -0.289. The normalized spacial score (nSPS) is 14.6. The number of hydrogen-bond acceptors (Lipinski definition) is 4. The molecule has 1 aliphatic rings. The van der Waals surface area contributed by atoms with Gasteiger partial charge >= 0.3 is 5.63 Å². The van der Waals surface area contributed by atoms with Crippen LogP contribution in [-0.2, 0) is 13.0 Å². The van der Waals surface area contributed by atoms with Crippen LogP contribution in [0, 0.1) is 6.92 Å². The van der Waals surface area contributed by atoms with Crippen molar-refractivity contribution < 1.29 is 9.15 Å². The van der Waals surface area contributed by atoms with Crippen molar-refractivity contribution in [1.82, 2.24) is 0 Å². The van der Waals surface area contributed by atoms with Crippen LogP contribution in [0.2, 0.25) is 0 Å². The van der Waals surface area contributed by atoms with Gasteiger partial charge in [-0.2, -0.15) is 0 Å². The first kappa shape index (κ1) is 19.6. The lowest BCUT2D eigenvalue weighted by molar-refractivity contribution is 0.287. The molecule has 4 heteroatoms. The number of rotatable bonds is 5. The number of ether oxygens (including phenoxy) is 1. The molecule has 0 saturated heterocycles. The minimum absolute atomic E-state index is 0.289. The summed E-state index contributed by atoms with van der Waals surface area (Å²) in [5.74, 6) is 1.42. The second kappa shape index (κ2) is 7.94. The van der Waals surface area contributed by atoms with Gasteiger partial charge in [-0.05, 0) is 55.0 Å². The molecule has 3 aromatic rings. The van der Waals surface area contributed by atoms with Crippen molar-refractivity contribution in [3.63, 3.8) is 0 Å². The van der Waals surface area contributed by atoms with Crippen molar-refractivity contribution in [2.75, 3.05) is 11.6 Å². The Kier molecular flexibility index (Phi) is 5.35. The highest BCUT2D eigenvalue weighted by Gasteiger charge is 2.23. The Hall–Kier alpha value is -2.75. The van der Waals surface area contributed by atoms with E-state index in [2.05, 4.69) is 56.0 Å². The average molecular weight is 392 g/mol. The van der Waals surface area contributed by atoms with Crippen molar-refractivity contribution in [1.29, 1.82) is 0 Å². The molecule has 4 nitrogen and oxygen atoms in total. The van der Waals surface area contributed by atoms with Crippen LogP contribution in [0.1, 0.15) is 61.8 Å². The van der Waals surface area contributed by atoms with E-state index in [1.165, 1.54) is 5.56 Å². The Morgan fingerprint density at radius 1 is 1.14 bits per heavy atom. The van der Waals surface area contributed by atoms with Gasteiger partial charge in [0.1, 0.15) is 11.3 Å². The van der Waals surface area contributed by atoms with Crippen LogP contribution in [-0.4, -0.2) is 6.73 Å². The molecule has 152 valence electrons. The smallest absolute Gasteiger partial charge is 0.336 e. The Morgan fingerprint density at radius 3 is 2.59 bits per heavy atom. The Labute approximate surface area is 172 Å². The van der Waals surface area contributed by atoms with Gasteiger partial charge in [0.25, 0.3) is 0 Å². The van der Waals surface area contributed by atoms with Gasteiger partial charge in [-0.25, -0.2) is 4.79 Å². The van der Waals surface area contributed by atoms with Crippen LogP contribution in [0.25, 0.3) is 11.0 Å². The Morgan fingerprint density at radius 2 is 1.90 bits per heavy atom. The first-order valence-corrected chi connectivity index (χ1v) is 10.6. The number of fused-ring (bicyclic) bond motifs is 2. The molecule has 0 aliphatic carbocycles. The maximum absolute atomic E-state index is 12.0. The van der Waals surface area contributed by atoms with Crippen molar-refractivity contribution in [2.24, 2.45) is 0 Å². The van der Waals surface area contributed by atoms with Gasteiger partial charge < -0.3 is 14.1 Å². The van der Waals surface area contributed by atoms with E-state index in [0.717, 1.165) is 59.3 Å². The lowest BCUT2D eigenvalue weighted by atomic mass is 9.97. The summed E-state index contributed by atoms with van der Waals surface area (Å²) >= 11 is 0. The van der Waals surface area contributed by atoms with E-state index in [9.17, 15) is 4.79 Å². The highest BCUT2D eigenvalue weighted by Crippen LogP contribution is 2.37. The zero-order chi connectivity index (χ0) is 20.5. The van der Waals surface area contributed by atoms with Crippen LogP contribution in [0.4, 0.5) is 5.69 Å². The van der Waals surface area contributed by atoms with Crippen LogP contribution in [0.3, 0.4) is 0 Å². The van der Waals surface area contributed by atoms with Crippen molar-refractivity contribution >= 4 is 16.7 Å². The van der Waals surface area contributed by atoms with Crippen molar-refractivity contribution in [3.8, 4) is 5.75 Å². The van der Waals surface area contributed by atoms with Gasteiger partial charge in [0.2, 0.25) is 0 Å². The van der Waals surface area contributed by atoms with Crippen LogP contribution >= 0.6 is 0 Å². The third-order valence-electron chi connectivity index (χ3n) is 6.06. The standard InChI is InChI=1S/C25H29NO3/c1-5-7-19-13-23(27)29-25-17(4)24-20(12-22(19)25)14-26(15-28-24)21-10-8-18(9-11-21)16(3)6-2/h8-13,16H,5-7,14-15H2,1-4H3. The van der Waals surface area contributed by atoms with E-state index in [1.54, 1.807) is 6.07 Å². The molecular formula is C25H29NO3. The fraction of sp³-hybridized carbons (Fsp3) is 0.400. The van der Waals surface area contributed by atoms with E-state index in [-0.39, 0.29) is 5.63 Å². The zero-order valence-corrected chi connectivity index (χ0v) is 17.7. The van der Waals surface area contributed by atoms with Crippen molar-refractivity contribution in [2.45, 2.75) is 59.4 Å². The summed E-state index contributed by atoms with van der Waals surface area (Å²) in [7, 11) is 0. The number of hydrogen-bond donors (Lipinski definition) is 0. The van der Waals surface area contributed by atoms with Crippen LogP contribution < -0.4 is 15.3 Å². The molecule has 0 amide bonds. The SMILES string of the molecule is CCCc1cc(=O)oc2c(C)c3c(cc12)CN(c1ccc(C(C)CC)cc1)CO3. The molecular weight excluding hydrogens is 362 g/mol. The van der Waals surface area contributed by atoms with E-state index < -0.39 is 0 Å². The van der Waals surface area contributed by atoms with E-state index in [1.807, 2.05) is 6.92 Å². The third kappa shape index (κ3) is 3.64. The predicted molar refractivity (Wildman–Crippen MR) is 118 cm³/mol. The predicted octanol–water partition coefficient (Wildman–Crippen LogP) is 5.92. The maximum Gasteiger partial charge on any atom is 0.336 e. The van der Waals surface area contributed by atoms with Gasteiger partial charge in [-0.15, -0.1) is 0 Å². The highest BCUT2D eigenvalue weighted by atomic mass is 16.5. The fourth-order valence-electron chi connectivity index (χ4n) is 4.17. The molecule has 0 bridgehead atoms. The van der Waals surface area contributed by atoms with E-state index in [0.29, 0.717) is 18.2 Å². The van der Waals surface area contributed by atoms with Gasteiger partial charge in [-0.3, -0.25) is 0 Å². The molecule has 1 unspecified atom stereocenters. The Balaban J connectivity index is 1.71. The molecule has 1 aliphatic heterocycles. The summed E-state index contributed by atoms with van der Waals surface area (Å²) in [6.45, 7) is 9.85. The number of aryl methyl sites for hydroxylation is 2. The molecule has 0 saturated carbocycles. The molecule has 2 aromatic carbocycles. The molecule has 1 aromatic heterocycles. The summed E-state index contributed by atoms with van der Waals surface area (Å²) in [5, 5.41) is 1.03. The van der Waals surface area contributed by atoms with Gasteiger partial charge in [-0.1, -0.05) is 39.3 Å². The summed E-state index contributed by atoms with van der Waals surface area (Å²) in [4.78, 5) is 14.3. The largest absolute Gasteiger partial charge is 0.472 e.